The fourth-order valence-electron chi connectivity index (χ4n) is 1.76. The highest BCUT2D eigenvalue weighted by molar-refractivity contribution is 5.89. The van der Waals surface area contributed by atoms with Crippen LogP contribution in [0.4, 0.5) is 0 Å². The number of tetrazole rings is 1. The zero-order chi connectivity index (χ0) is 11.4. The average molecular weight is 225 g/mol. The van der Waals surface area contributed by atoms with Crippen LogP contribution in [-0.4, -0.2) is 57.7 Å². The van der Waals surface area contributed by atoms with E-state index < -0.39 is 0 Å². The minimum atomic E-state index is -0.233. The van der Waals surface area contributed by atoms with Gasteiger partial charge in [0.25, 0.3) is 11.7 Å². The Balaban J connectivity index is 1.87. The Hall–Kier alpha value is -1.50. The van der Waals surface area contributed by atoms with Gasteiger partial charge in [0.15, 0.2) is 0 Å². The number of carbonyl (C=O) groups is 1. The molecule has 1 saturated heterocycles. The van der Waals surface area contributed by atoms with E-state index in [1.54, 1.807) is 11.9 Å². The van der Waals surface area contributed by atoms with Crippen molar-refractivity contribution in [1.29, 1.82) is 0 Å². The van der Waals surface area contributed by atoms with Crippen molar-refractivity contribution in [2.45, 2.75) is 25.4 Å². The molecule has 88 valence electrons. The lowest BCUT2D eigenvalue weighted by Crippen LogP contribution is -2.37. The van der Waals surface area contributed by atoms with Gasteiger partial charge in [0.1, 0.15) is 0 Å². The van der Waals surface area contributed by atoms with E-state index >= 15 is 0 Å². The molecule has 0 radical (unpaired) electrons. The monoisotopic (exact) mass is 225 g/mol. The third-order valence-corrected chi connectivity index (χ3v) is 2.63. The molecule has 0 bridgehead atoms. The molecule has 1 aromatic heterocycles. The molecule has 1 atom stereocenters. The quantitative estimate of drug-likeness (QED) is 0.772. The first-order valence-electron chi connectivity index (χ1n) is 5.38. The summed E-state index contributed by atoms with van der Waals surface area (Å²) in [5, 5.41) is 12.9. The van der Waals surface area contributed by atoms with Gasteiger partial charge in [-0.25, -0.2) is 0 Å². The number of ether oxygens (including phenoxy) is 1. The van der Waals surface area contributed by atoms with Gasteiger partial charge in [-0.3, -0.25) is 4.79 Å². The molecule has 0 aromatic carbocycles. The van der Waals surface area contributed by atoms with Gasteiger partial charge in [0, 0.05) is 20.2 Å². The Labute approximate surface area is 93.2 Å². The second-order valence-corrected chi connectivity index (χ2v) is 3.91. The first-order valence-corrected chi connectivity index (χ1v) is 5.38. The molecule has 1 aliphatic rings. The second-order valence-electron chi connectivity index (χ2n) is 3.91. The fourth-order valence-corrected chi connectivity index (χ4v) is 1.76. The summed E-state index contributed by atoms with van der Waals surface area (Å²) in [6, 6.07) is 0. The molecule has 1 aliphatic heterocycles. The highest BCUT2D eigenvalue weighted by atomic mass is 16.5. The number of carbonyl (C=O) groups excluding carboxylic acids is 1. The first-order chi connectivity index (χ1) is 7.77. The van der Waals surface area contributed by atoms with E-state index in [1.165, 1.54) is 0 Å². The molecular weight excluding hydrogens is 210 g/mol. The molecule has 1 unspecified atom stereocenters. The summed E-state index contributed by atoms with van der Waals surface area (Å²) in [5.74, 6) is -0.138. The highest BCUT2D eigenvalue weighted by Crippen LogP contribution is 2.13. The van der Waals surface area contributed by atoms with E-state index in [4.69, 9.17) is 4.74 Å². The van der Waals surface area contributed by atoms with Crippen molar-refractivity contribution in [3.8, 4) is 0 Å². The summed E-state index contributed by atoms with van der Waals surface area (Å²) in [7, 11) is 1.72. The van der Waals surface area contributed by atoms with E-state index in [0.29, 0.717) is 6.54 Å². The van der Waals surface area contributed by atoms with Crippen molar-refractivity contribution in [2.75, 3.05) is 20.2 Å². The van der Waals surface area contributed by atoms with Gasteiger partial charge in [0.05, 0.1) is 6.10 Å². The summed E-state index contributed by atoms with van der Waals surface area (Å²) in [6.45, 7) is 1.36. The summed E-state index contributed by atoms with van der Waals surface area (Å²) < 4.78 is 5.56. The van der Waals surface area contributed by atoms with Gasteiger partial charge in [-0.1, -0.05) is 0 Å². The van der Waals surface area contributed by atoms with Gasteiger partial charge in [-0.2, -0.15) is 5.21 Å². The topological polar surface area (TPSA) is 84.0 Å². The predicted molar refractivity (Wildman–Crippen MR) is 54.7 cm³/mol. The SMILES string of the molecule is CN(CC1CCCCO1)C(=O)c1nn[nH]n1. The van der Waals surface area contributed by atoms with Gasteiger partial charge >= 0.3 is 0 Å². The number of aromatic amines is 1. The van der Waals surface area contributed by atoms with Gasteiger partial charge in [-0.05, 0) is 24.5 Å². The molecule has 16 heavy (non-hydrogen) atoms. The maximum absolute atomic E-state index is 11.8. The Morgan fingerprint density at radius 1 is 1.62 bits per heavy atom. The number of nitrogens with one attached hydrogen (secondary N) is 1. The highest BCUT2D eigenvalue weighted by Gasteiger charge is 2.21. The molecule has 2 heterocycles. The summed E-state index contributed by atoms with van der Waals surface area (Å²) in [6.07, 6.45) is 3.41. The van der Waals surface area contributed by atoms with Crippen LogP contribution in [0.2, 0.25) is 0 Å². The molecule has 1 aromatic rings. The summed E-state index contributed by atoms with van der Waals surface area (Å²) in [5.41, 5.74) is 0. The second kappa shape index (κ2) is 5.02. The number of amides is 1. The van der Waals surface area contributed by atoms with Crippen molar-refractivity contribution in [2.24, 2.45) is 0 Å². The van der Waals surface area contributed by atoms with Crippen molar-refractivity contribution in [3.05, 3.63) is 5.82 Å². The zero-order valence-corrected chi connectivity index (χ0v) is 9.22. The average Bonchev–Trinajstić information content (AvgIpc) is 2.83. The van der Waals surface area contributed by atoms with Crippen LogP contribution in [-0.2, 0) is 4.74 Å². The molecule has 0 saturated carbocycles. The molecule has 0 aliphatic carbocycles. The Morgan fingerprint density at radius 2 is 2.50 bits per heavy atom. The Bertz CT molecular complexity index is 334. The van der Waals surface area contributed by atoms with Crippen molar-refractivity contribution in [1.82, 2.24) is 25.5 Å². The molecule has 1 amide bonds. The number of H-pyrrole nitrogens is 1. The number of nitrogens with zero attached hydrogens (tertiary/aromatic N) is 4. The van der Waals surface area contributed by atoms with Gasteiger partial charge < -0.3 is 9.64 Å². The van der Waals surface area contributed by atoms with Crippen LogP contribution in [0, 0.1) is 0 Å². The van der Waals surface area contributed by atoms with Crippen molar-refractivity contribution in [3.63, 3.8) is 0 Å². The van der Waals surface area contributed by atoms with Crippen molar-refractivity contribution < 1.29 is 9.53 Å². The van der Waals surface area contributed by atoms with Gasteiger partial charge in [0.2, 0.25) is 0 Å². The van der Waals surface area contributed by atoms with Crippen LogP contribution in [0.25, 0.3) is 0 Å². The van der Waals surface area contributed by atoms with Crippen LogP contribution in [0.5, 0.6) is 0 Å². The standard InChI is InChI=1S/C9H15N5O2/c1-14(6-7-4-2-3-5-16-7)9(15)8-10-12-13-11-8/h7H,2-6H2,1H3,(H,10,11,12,13). The largest absolute Gasteiger partial charge is 0.376 e. The Morgan fingerprint density at radius 3 is 3.12 bits per heavy atom. The van der Waals surface area contributed by atoms with E-state index in [-0.39, 0.29) is 17.8 Å². The van der Waals surface area contributed by atoms with E-state index in [9.17, 15) is 4.79 Å². The maximum Gasteiger partial charge on any atom is 0.295 e. The zero-order valence-electron chi connectivity index (χ0n) is 9.22. The lowest BCUT2D eigenvalue weighted by Gasteiger charge is -2.26. The third-order valence-electron chi connectivity index (χ3n) is 2.63. The van der Waals surface area contributed by atoms with Crippen molar-refractivity contribution >= 4 is 5.91 Å². The molecule has 7 nitrogen and oxygen atoms in total. The lowest BCUT2D eigenvalue weighted by molar-refractivity contribution is -0.000402. The van der Waals surface area contributed by atoms with E-state index in [1.807, 2.05) is 0 Å². The molecule has 7 heteroatoms. The normalized spacial score (nSPS) is 20.7. The fraction of sp³-hybridized carbons (Fsp3) is 0.778. The molecule has 1 fully saturated rings. The number of likely N-dealkylation sites (N-methyl/N-ethyl adjacent to an activating group) is 1. The summed E-state index contributed by atoms with van der Waals surface area (Å²) >= 11 is 0. The van der Waals surface area contributed by atoms with E-state index in [2.05, 4.69) is 20.6 Å². The minimum Gasteiger partial charge on any atom is -0.376 e. The minimum absolute atomic E-state index is 0.0957. The number of aromatic nitrogens is 4. The number of rotatable bonds is 3. The molecule has 1 N–H and O–H groups in total. The van der Waals surface area contributed by atoms with Crippen LogP contribution >= 0.6 is 0 Å². The van der Waals surface area contributed by atoms with E-state index in [0.717, 1.165) is 25.9 Å². The summed E-state index contributed by atoms with van der Waals surface area (Å²) in [4.78, 5) is 13.3. The number of hydrogen-bond donors (Lipinski definition) is 1. The maximum atomic E-state index is 11.8. The Kier molecular flexibility index (Phi) is 3.45. The lowest BCUT2D eigenvalue weighted by atomic mass is 10.1. The first kappa shape index (κ1) is 11.0. The van der Waals surface area contributed by atoms with Crippen LogP contribution < -0.4 is 0 Å². The molecular formula is C9H15N5O2. The van der Waals surface area contributed by atoms with Gasteiger partial charge in [-0.15, -0.1) is 10.2 Å². The van der Waals surface area contributed by atoms with Crippen LogP contribution in [0.1, 0.15) is 29.9 Å². The third kappa shape index (κ3) is 2.54. The molecule has 2 rings (SSSR count). The smallest absolute Gasteiger partial charge is 0.295 e. The predicted octanol–water partition coefficient (Wildman–Crippen LogP) is -0.159. The van der Waals surface area contributed by atoms with Crippen LogP contribution in [0.3, 0.4) is 0 Å². The number of hydrogen-bond acceptors (Lipinski definition) is 5. The van der Waals surface area contributed by atoms with Crippen LogP contribution in [0.15, 0.2) is 0 Å². The molecule has 0 spiro atoms.